The van der Waals surface area contributed by atoms with E-state index in [1.165, 1.54) is 22.7 Å². The molecule has 11 heteroatoms. The lowest BCUT2D eigenvalue weighted by molar-refractivity contribution is 0.0811. The summed E-state index contributed by atoms with van der Waals surface area (Å²) in [5.74, 6) is 0.490. The summed E-state index contributed by atoms with van der Waals surface area (Å²) in [5, 5.41) is 5.23. The van der Waals surface area contributed by atoms with Gasteiger partial charge in [-0.15, -0.1) is 11.3 Å². The van der Waals surface area contributed by atoms with Gasteiger partial charge >= 0.3 is 0 Å². The SMILES string of the molecule is COc1cccc(-c2sc(N)nc2C(=O)C2(N(C)CCNC(=O)c3c(C)nc4sccn34)CC2)c1. The number of ether oxygens (including phenoxy) is 1. The highest BCUT2D eigenvalue weighted by Crippen LogP contribution is 2.46. The number of carbonyl (C=O) groups excluding carboxylic acids is 2. The predicted molar refractivity (Wildman–Crippen MR) is 138 cm³/mol. The molecule has 1 aliphatic rings. The number of amides is 1. The summed E-state index contributed by atoms with van der Waals surface area (Å²) in [6.07, 6.45) is 3.32. The number of nitrogens with zero attached hydrogens (tertiary/aromatic N) is 4. The summed E-state index contributed by atoms with van der Waals surface area (Å²) in [6.45, 7) is 2.76. The first-order valence-electron chi connectivity index (χ1n) is 11.2. The molecule has 9 nitrogen and oxygen atoms in total. The van der Waals surface area contributed by atoms with Crippen LogP contribution in [0.3, 0.4) is 0 Å². The predicted octanol–water partition coefficient (Wildman–Crippen LogP) is 3.50. The number of fused-ring (bicyclic) bond motifs is 1. The zero-order chi connectivity index (χ0) is 24.7. The minimum absolute atomic E-state index is 0.0382. The molecule has 0 spiro atoms. The third-order valence-corrected chi connectivity index (χ3v) is 8.14. The number of rotatable bonds is 9. The average Bonchev–Trinajstić information content (AvgIpc) is 3.23. The topological polar surface area (TPSA) is 115 Å². The molecular formula is C24H26N6O3S2. The van der Waals surface area contributed by atoms with Gasteiger partial charge < -0.3 is 15.8 Å². The minimum Gasteiger partial charge on any atom is -0.497 e. The van der Waals surface area contributed by atoms with Gasteiger partial charge in [-0.1, -0.05) is 23.5 Å². The van der Waals surface area contributed by atoms with Crippen LogP contribution in [0.5, 0.6) is 5.75 Å². The maximum absolute atomic E-state index is 13.7. The second kappa shape index (κ2) is 9.06. The molecule has 1 amide bonds. The second-order valence-electron chi connectivity index (χ2n) is 8.60. The van der Waals surface area contributed by atoms with E-state index in [2.05, 4.69) is 15.3 Å². The molecule has 4 aromatic rings. The molecule has 0 atom stereocenters. The van der Waals surface area contributed by atoms with Gasteiger partial charge in [0.2, 0.25) is 5.78 Å². The molecule has 0 aliphatic heterocycles. The molecule has 1 fully saturated rings. The Morgan fingerprint density at radius 2 is 2.11 bits per heavy atom. The molecule has 3 heterocycles. The maximum Gasteiger partial charge on any atom is 0.270 e. The Labute approximate surface area is 210 Å². The Morgan fingerprint density at radius 1 is 1.31 bits per heavy atom. The van der Waals surface area contributed by atoms with Crippen LogP contribution in [0.2, 0.25) is 0 Å². The molecule has 0 radical (unpaired) electrons. The van der Waals surface area contributed by atoms with E-state index < -0.39 is 5.54 Å². The molecule has 0 unspecified atom stereocenters. The van der Waals surface area contributed by atoms with Crippen molar-refractivity contribution in [1.29, 1.82) is 0 Å². The third kappa shape index (κ3) is 4.19. The lowest BCUT2D eigenvalue weighted by Gasteiger charge is -2.26. The Morgan fingerprint density at radius 3 is 2.86 bits per heavy atom. The highest BCUT2D eigenvalue weighted by Gasteiger charge is 2.54. The molecule has 0 bridgehead atoms. The van der Waals surface area contributed by atoms with Crippen molar-refractivity contribution in [3.8, 4) is 16.2 Å². The summed E-state index contributed by atoms with van der Waals surface area (Å²) in [5.41, 5.74) is 7.88. The highest BCUT2D eigenvalue weighted by molar-refractivity contribution is 7.19. The number of anilines is 1. The number of nitrogen functional groups attached to an aromatic ring is 1. The largest absolute Gasteiger partial charge is 0.497 e. The van der Waals surface area contributed by atoms with Crippen LogP contribution in [0.25, 0.3) is 15.4 Å². The molecule has 182 valence electrons. The van der Waals surface area contributed by atoms with Gasteiger partial charge in [0.1, 0.15) is 17.1 Å². The van der Waals surface area contributed by atoms with Crippen molar-refractivity contribution in [3.05, 3.63) is 52.9 Å². The Kier molecular flexibility index (Phi) is 6.07. The number of aromatic nitrogens is 3. The van der Waals surface area contributed by atoms with Crippen LogP contribution >= 0.6 is 22.7 Å². The van der Waals surface area contributed by atoms with E-state index >= 15 is 0 Å². The summed E-state index contributed by atoms with van der Waals surface area (Å²) in [7, 11) is 3.52. The number of nitrogens with one attached hydrogen (secondary N) is 1. The van der Waals surface area contributed by atoms with Crippen LogP contribution in [0.4, 0.5) is 5.13 Å². The van der Waals surface area contributed by atoms with Crippen LogP contribution in [0.15, 0.2) is 35.8 Å². The molecule has 3 aromatic heterocycles. The van der Waals surface area contributed by atoms with Crippen molar-refractivity contribution < 1.29 is 14.3 Å². The Balaban J connectivity index is 1.29. The smallest absolute Gasteiger partial charge is 0.270 e. The third-order valence-electron chi connectivity index (χ3n) is 6.45. The molecule has 1 saturated carbocycles. The van der Waals surface area contributed by atoms with Crippen LogP contribution in [-0.4, -0.2) is 63.7 Å². The first kappa shape index (κ1) is 23.5. The maximum atomic E-state index is 13.7. The van der Waals surface area contributed by atoms with Gasteiger partial charge in [-0.05, 0) is 44.5 Å². The quantitative estimate of drug-likeness (QED) is 0.331. The van der Waals surface area contributed by atoms with Gasteiger partial charge in [0.25, 0.3) is 5.91 Å². The lowest BCUT2D eigenvalue weighted by atomic mass is 10.0. The zero-order valence-electron chi connectivity index (χ0n) is 19.7. The summed E-state index contributed by atoms with van der Waals surface area (Å²) in [6, 6.07) is 7.54. The fraction of sp³-hybridized carbons (Fsp3) is 0.333. The van der Waals surface area contributed by atoms with Crippen molar-refractivity contribution in [1.82, 2.24) is 24.6 Å². The van der Waals surface area contributed by atoms with Gasteiger partial charge in [-0.3, -0.25) is 18.9 Å². The van der Waals surface area contributed by atoms with Crippen molar-refractivity contribution in [2.24, 2.45) is 0 Å². The fourth-order valence-electron chi connectivity index (χ4n) is 4.37. The highest BCUT2D eigenvalue weighted by atomic mass is 32.1. The van der Waals surface area contributed by atoms with E-state index in [-0.39, 0.29) is 11.7 Å². The fourth-order valence-corrected chi connectivity index (χ4v) is 5.96. The van der Waals surface area contributed by atoms with Crippen molar-refractivity contribution in [2.45, 2.75) is 25.3 Å². The van der Waals surface area contributed by atoms with E-state index in [1.54, 1.807) is 11.5 Å². The summed E-state index contributed by atoms with van der Waals surface area (Å²) < 4.78 is 7.14. The van der Waals surface area contributed by atoms with E-state index in [1.807, 2.05) is 54.7 Å². The Hall–Kier alpha value is -3.28. The number of likely N-dealkylation sites (N-methyl/N-ethyl adjacent to an activating group) is 1. The van der Waals surface area contributed by atoms with Crippen LogP contribution < -0.4 is 15.8 Å². The van der Waals surface area contributed by atoms with Gasteiger partial charge in [-0.2, -0.15) is 0 Å². The zero-order valence-corrected chi connectivity index (χ0v) is 21.3. The number of hydrogen-bond acceptors (Lipinski definition) is 9. The van der Waals surface area contributed by atoms with Gasteiger partial charge in [0, 0.05) is 24.7 Å². The number of nitrogens with two attached hydrogens (primary N) is 1. The molecule has 35 heavy (non-hydrogen) atoms. The van der Waals surface area contributed by atoms with Crippen molar-refractivity contribution in [2.75, 3.05) is 33.0 Å². The molecule has 1 aromatic carbocycles. The first-order valence-corrected chi connectivity index (χ1v) is 12.9. The molecule has 1 aliphatic carbocycles. The summed E-state index contributed by atoms with van der Waals surface area (Å²) >= 11 is 2.79. The number of carbonyl (C=O) groups is 2. The molecule has 0 saturated heterocycles. The van der Waals surface area contributed by atoms with Gasteiger partial charge in [0.15, 0.2) is 10.1 Å². The number of Topliss-reactive ketones (excluding diaryl/α,β-unsaturated/α-hetero) is 1. The number of ketones is 1. The summed E-state index contributed by atoms with van der Waals surface area (Å²) in [4.78, 5) is 38.9. The van der Waals surface area contributed by atoms with Crippen LogP contribution in [0.1, 0.15) is 39.5 Å². The monoisotopic (exact) mass is 510 g/mol. The number of imidazole rings is 1. The van der Waals surface area contributed by atoms with E-state index in [9.17, 15) is 9.59 Å². The number of aryl methyl sites for hydroxylation is 1. The van der Waals surface area contributed by atoms with Crippen molar-refractivity contribution in [3.63, 3.8) is 0 Å². The second-order valence-corrected chi connectivity index (χ2v) is 10.5. The van der Waals surface area contributed by atoms with Crippen LogP contribution in [-0.2, 0) is 0 Å². The van der Waals surface area contributed by atoms with Gasteiger partial charge in [0.05, 0.1) is 23.2 Å². The number of benzene rings is 1. The normalized spacial score (nSPS) is 14.4. The van der Waals surface area contributed by atoms with E-state index in [0.717, 1.165) is 28.2 Å². The van der Waals surface area contributed by atoms with E-state index in [4.69, 9.17) is 10.5 Å². The first-order chi connectivity index (χ1) is 16.8. The average molecular weight is 511 g/mol. The number of hydrogen-bond donors (Lipinski definition) is 2. The van der Waals surface area contributed by atoms with Gasteiger partial charge in [-0.25, -0.2) is 9.97 Å². The molecular weight excluding hydrogens is 484 g/mol. The molecule has 3 N–H and O–H groups in total. The number of thiazole rings is 2. The van der Waals surface area contributed by atoms with Crippen molar-refractivity contribution >= 4 is 44.5 Å². The Bertz CT molecular complexity index is 1420. The van der Waals surface area contributed by atoms with E-state index in [0.29, 0.717) is 41.1 Å². The lowest BCUT2D eigenvalue weighted by Crippen LogP contribution is -2.45. The minimum atomic E-state index is -0.633. The number of methoxy groups -OCH3 is 1. The molecule has 5 rings (SSSR count). The standard InChI is InChI=1S/C24H26N6O3S2/c1-14-18(30-11-12-34-23(30)27-14)21(32)26-9-10-29(2)24(7-8-24)20(31)17-19(35-22(25)28-17)15-5-4-6-16(13-15)33-3/h4-6,11-13H,7-10H2,1-3H3,(H2,25,28)(H,26,32). The van der Waals surface area contributed by atoms with Crippen LogP contribution in [0, 0.1) is 6.92 Å².